The summed E-state index contributed by atoms with van der Waals surface area (Å²) in [6.07, 6.45) is 0. The molecule has 22 heavy (non-hydrogen) atoms. The minimum Gasteiger partial charge on any atom is -0.453 e. The Morgan fingerprint density at radius 1 is 0.636 bits per heavy atom. The van der Waals surface area contributed by atoms with Gasteiger partial charge in [-0.3, -0.25) is 0 Å². The second kappa shape index (κ2) is 5.24. The normalized spacial score (nSPS) is 12.4. The van der Waals surface area contributed by atoms with Crippen LogP contribution >= 0.6 is 23.2 Å². The van der Waals surface area contributed by atoms with Crippen molar-refractivity contribution in [1.29, 1.82) is 0 Å². The number of fused-ring (bicyclic) bond motifs is 2. The standard InChI is InChI=1S/C18H11Cl2NO/c19-12-6-5-7-13(20)18(12)21-14-8-1-3-10-16(14)22-17-11-4-2-9-15(17)21/h1-11H. The smallest absolute Gasteiger partial charge is 0.151 e. The first kappa shape index (κ1) is 13.5. The van der Waals surface area contributed by atoms with Crippen LogP contribution in [0, 0.1) is 0 Å². The van der Waals surface area contributed by atoms with Crippen LogP contribution in [0.5, 0.6) is 11.5 Å². The molecule has 1 aliphatic heterocycles. The lowest BCUT2D eigenvalue weighted by atomic mass is 10.1. The molecule has 0 unspecified atom stereocenters. The fourth-order valence-corrected chi connectivity index (χ4v) is 3.21. The summed E-state index contributed by atoms with van der Waals surface area (Å²) in [7, 11) is 0. The molecule has 1 aliphatic rings. The highest BCUT2D eigenvalue weighted by molar-refractivity contribution is 6.39. The van der Waals surface area contributed by atoms with E-state index in [4.69, 9.17) is 27.9 Å². The molecule has 0 bridgehead atoms. The molecule has 0 aliphatic carbocycles. The molecule has 1 heterocycles. The van der Waals surface area contributed by atoms with Gasteiger partial charge in [0.15, 0.2) is 11.5 Å². The van der Waals surface area contributed by atoms with Crippen LogP contribution in [0.2, 0.25) is 10.0 Å². The van der Waals surface area contributed by atoms with Gasteiger partial charge in [-0.25, -0.2) is 0 Å². The van der Waals surface area contributed by atoms with E-state index in [9.17, 15) is 0 Å². The number of anilines is 3. The lowest BCUT2D eigenvalue weighted by molar-refractivity contribution is 0.477. The first-order valence-electron chi connectivity index (χ1n) is 6.86. The maximum Gasteiger partial charge on any atom is 0.151 e. The van der Waals surface area contributed by atoms with Gasteiger partial charge in [-0.05, 0) is 36.4 Å². The molecule has 3 aromatic carbocycles. The van der Waals surface area contributed by atoms with E-state index in [1.54, 1.807) is 0 Å². The Balaban J connectivity index is 2.03. The number of rotatable bonds is 1. The van der Waals surface area contributed by atoms with Crippen LogP contribution in [0.15, 0.2) is 66.7 Å². The maximum atomic E-state index is 6.43. The van der Waals surface area contributed by atoms with Crippen LogP contribution in [-0.4, -0.2) is 0 Å². The second-order valence-corrected chi connectivity index (χ2v) is 5.76. The van der Waals surface area contributed by atoms with Crippen molar-refractivity contribution < 1.29 is 4.74 Å². The minimum atomic E-state index is 0.596. The topological polar surface area (TPSA) is 12.5 Å². The molecule has 108 valence electrons. The fraction of sp³-hybridized carbons (Fsp3) is 0. The van der Waals surface area contributed by atoms with E-state index in [-0.39, 0.29) is 0 Å². The molecule has 4 heteroatoms. The summed E-state index contributed by atoms with van der Waals surface area (Å²) in [6.45, 7) is 0. The molecule has 0 aromatic heterocycles. The van der Waals surface area contributed by atoms with Crippen molar-refractivity contribution >= 4 is 40.3 Å². The number of hydrogen-bond acceptors (Lipinski definition) is 2. The molecule has 0 spiro atoms. The van der Waals surface area contributed by atoms with E-state index in [2.05, 4.69) is 0 Å². The lowest BCUT2D eigenvalue weighted by Gasteiger charge is -2.33. The summed E-state index contributed by atoms with van der Waals surface area (Å²) in [4.78, 5) is 2.04. The van der Waals surface area contributed by atoms with Crippen LogP contribution in [0.1, 0.15) is 0 Å². The molecule has 0 saturated carbocycles. The Kier molecular flexibility index (Phi) is 3.21. The molecule has 2 nitrogen and oxygen atoms in total. The Morgan fingerprint density at radius 2 is 1.14 bits per heavy atom. The third kappa shape index (κ3) is 2.04. The number of halogens is 2. The highest BCUT2D eigenvalue weighted by Gasteiger charge is 2.27. The summed E-state index contributed by atoms with van der Waals surface area (Å²) in [5.41, 5.74) is 2.58. The van der Waals surface area contributed by atoms with E-state index in [0.717, 1.165) is 28.6 Å². The number of hydrogen-bond donors (Lipinski definition) is 0. The zero-order valence-electron chi connectivity index (χ0n) is 11.5. The van der Waals surface area contributed by atoms with Gasteiger partial charge in [0.05, 0.1) is 27.1 Å². The Bertz CT molecular complexity index is 797. The number of ether oxygens (including phenoxy) is 1. The zero-order chi connectivity index (χ0) is 15.1. The van der Waals surface area contributed by atoms with E-state index in [0.29, 0.717) is 10.0 Å². The Labute approximate surface area is 138 Å². The van der Waals surface area contributed by atoms with Gasteiger partial charge in [0.2, 0.25) is 0 Å². The summed E-state index contributed by atoms with van der Waals surface area (Å²) in [6, 6.07) is 21.2. The van der Waals surface area contributed by atoms with Crippen molar-refractivity contribution in [2.45, 2.75) is 0 Å². The molecular formula is C18H11Cl2NO. The third-order valence-corrected chi connectivity index (χ3v) is 4.20. The summed E-state index contributed by atoms with van der Waals surface area (Å²) >= 11 is 12.9. The van der Waals surface area contributed by atoms with Gasteiger partial charge < -0.3 is 9.64 Å². The summed E-state index contributed by atoms with van der Waals surface area (Å²) in [5.74, 6) is 1.55. The lowest BCUT2D eigenvalue weighted by Crippen LogP contribution is -2.16. The Morgan fingerprint density at radius 3 is 1.68 bits per heavy atom. The van der Waals surface area contributed by atoms with Crippen molar-refractivity contribution in [2.24, 2.45) is 0 Å². The largest absolute Gasteiger partial charge is 0.453 e. The predicted octanol–water partition coefficient (Wildman–Crippen LogP) is 6.57. The third-order valence-electron chi connectivity index (χ3n) is 3.59. The van der Waals surface area contributed by atoms with Crippen LogP contribution in [-0.2, 0) is 0 Å². The average Bonchev–Trinajstić information content (AvgIpc) is 2.54. The van der Waals surface area contributed by atoms with Crippen LogP contribution in [0.4, 0.5) is 17.1 Å². The molecule has 4 rings (SSSR count). The van der Waals surface area contributed by atoms with Crippen molar-refractivity contribution in [1.82, 2.24) is 0 Å². The molecular weight excluding hydrogens is 317 g/mol. The van der Waals surface area contributed by atoms with E-state index < -0.39 is 0 Å². The quantitative estimate of drug-likeness (QED) is 0.392. The fourth-order valence-electron chi connectivity index (χ4n) is 2.65. The predicted molar refractivity (Wildman–Crippen MR) is 91.2 cm³/mol. The first-order valence-corrected chi connectivity index (χ1v) is 7.61. The molecule has 0 amide bonds. The van der Waals surface area contributed by atoms with Crippen molar-refractivity contribution in [2.75, 3.05) is 4.90 Å². The van der Waals surface area contributed by atoms with Gasteiger partial charge in [0.25, 0.3) is 0 Å². The minimum absolute atomic E-state index is 0.596. The van der Waals surface area contributed by atoms with E-state index >= 15 is 0 Å². The van der Waals surface area contributed by atoms with E-state index in [1.807, 2.05) is 71.6 Å². The molecule has 0 saturated heterocycles. The van der Waals surface area contributed by atoms with Gasteiger partial charge in [0.1, 0.15) is 0 Å². The van der Waals surface area contributed by atoms with Crippen molar-refractivity contribution in [3.05, 3.63) is 76.8 Å². The van der Waals surface area contributed by atoms with Gasteiger partial charge in [-0.2, -0.15) is 0 Å². The van der Waals surface area contributed by atoms with Crippen molar-refractivity contribution in [3.63, 3.8) is 0 Å². The SMILES string of the molecule is Clc1cccc(Cl)c1N1c2ccccc2Oc2ccccc21. The van der Waals surface area contributed by atoms with Crippen LogP contribution < -0.4 is 9.64 Å². The molecule has 0 fully saturated rings. The molecule has 0 atom stereocenters. The summed E-state index contributed by atoms with van der Waals surface area (Å²) in [5, 5.41) is 1.19. The number of nitrogens with zero attached hydrogens (tertiary/aromatic N) is 1. The number of para-hydroxylation sites is 5. The first-order chi connectivity index (χ1) is 10.8. The zero-order valence-corrected chi connectivity index (χ0v) is 13.0. The van der Waals surface area contributed by atoms with Gasteiger partial charge in [0, 0.05) is 0 Å². The second-order valence-electron chi connectivity index (χ2n) is 4.94. The van der Waals surface area contributed by atoms with Gasteiger partial charge >= 0.3 is 0 Å². The maximum absolute atomic E-state index is 6.43. The Hall–Kier alpha value is -2.16. The van der Waals surface area contributed by atoms with E-state index in [1.165, 1.54) is 0 Å². The highest BCUT2D eigenvalue weighted by atomic mass is 35.5. The number of benzene rings is 3. The van der Waals surface area contributed by atoms with Crippen LogP contribution in [0.25, 0.3) is 0 Å². The summed E-state index contributed by atoms with van der Waals surface area (Å²) < 4.78 is 5.98. The molecule has 0 radical (unpaired) electrons. The monoisotopic (exact) mass is 327 g/mol. The van der Waals surface area contributed by atoms with Crippen LogP contribution in [0.3, 0.4) is 0 Å². The molecule has 3 aromatic rings. The average molecular weight is 328 g/mol. The van der Waals surface area contributed by atoms with Gasteiger partial charge in [-0.15, -0.1) is 0 Å². The van der Waals surface area contributed by atoms with Crippen molar-refractivity contribution in [3.8, 4) is 11.5 Å². The van der Waals surface area contributed by atoms with Gasteiger partial charge in [-0.1, -0.05) is 53.5 Å². The molecule has 0 N–H and O–H groups in total. The highest BCUT2D eigenvalue weighted by Crippen LogP contribution is 2.53.